The lowest BCUT2D eigenvalue weighted by molar-refractivity contribution is 0.102. The third-order valence-electron chi connectivity index (χ3n) is 4.08. The summed E-state index contributed by atoms with van der Waals surface area (Å²) in [7, 11) is 0. The van der Waals surface area contributed by atoms with Gasteiger partial charge in [-0.15, -0.1) is 5.10 Å². The van der Waals surface area contributed by atoms with Gasteiger partial charge in [0.25, 0.3) is 5.91 Å². The number of rotatable bonds is 5. The number of nitrogens with one attached hydrogen (secondary N) is 1. The largest absolute Gasteiger partial charge is 0.322 e. The van der Waals surface area contributed by atoms with Gasteiger partial charge in [-0.25, -0.2) is 4.68 Å². The third-order valence-corrected chi connectivity index (χ3v) is 5.23. The van der Waals surface area contributed by atoms with Gasteiger partial charge >= 0.3 is 0 Å². The fraction of sp³-hybridized carbons (Fsp3) is 0. The lowest BCUT2D eigenvalue weighted by Crippen LogP contribution is -2.13. The highest BCUT2D eigenvalue weighted by Gasteiger charge is 2.14. The molecule has 0 aliphatic carbocycles. The van der Waals surface area contributed by atoms with Crippen molar-refractivity contribution in [3.8, 4) is 11.8 Å². The number of aromatic nitrogens is 4. The molecular weight excluding hydrogens is 384 g/mol. The average molecular weight is 398 g/mol. The van der Waals surface area contributed by atoms with Gasteiger partial charge in [0, 0.05) is 15.5 Å². The molecule has 1 amide bonds. The topological polar surface area (TPSA) is 96.5 Å². The Labute approximate surface area is 171 Å². The number of carbonyl (C=O) groups is 1. The highest BCUT2D eigenvalue weighted by Crippen LogP contribution is 2.33. The van der Waals surface area contributed by atoms with Crippen molar-refractivity contribution in [2.75, 3.05) is 5.32 Å². The Morgan fingerprint density at radius 2 is 1.79 bits per heavy atom. The molecule has 4 rings (SSSR count). The maximum atomic E-state index is 12.9. The lowest BCUT2D eigenvalue weighted by atomic mass is 10.2. The molecule has 0 saturated heterocycles. The van der Waals surface area contributed by atoms with Crippen LogP contribution in [0.4, 0.5) is 5.69 Å². The number of nitriles is 1. The van der Waals surface area contributed by atoms with E-state index in [1.165, 1.54) is 22.8 Å². The predicted molar refractivity (Wildman–Crippen MR) is 109 cm³/mol. The third kappa shape index (κ3) is 4.15. The summed E-state index contributed by atoms with van der Waals surface area (Å²) in [6, 6.07) is 24.1. The standard InChI is InChI=1S/C21H14N6OS/c22-13-15-6-1-3-10-19(15)29-20-11-4-2-9-18(20)21(28)24-16-7-5-8-17(12-16)27-14-23-25-26-27/h1-12,14H,(H,24,28). The molecule has 0 bridgehead atoms. The quantitative estimate of drug-likeness (QED) is 0.547. The van der Waals surface area contributed by atoms with E-state index >= 15 is 0 Å². The van der Waals surface area contributed by atoms with E-state index in [1.54, 1.807) is 24.3 Å². The Morgan fingerprint density at radius 1 is 1.00 bits per heavy atom. The molecule has 1 heterocycles. The molecule has 1 aromatic heterocycles. The molecule has 3 aromatic carbocycles. The second-order valence-corrected chi connectivity index (χ2v) is 7.05. The van der Waals surface area contributed by atoms with Crippen LogP contribution in [0.15, 0.2) is 88.9 Å². The maximum Gasteiger partial charge on any atom is 0.256 e. The van der Waals surface area contributed by atoms with E-state index < -0.39 is 0 Å². The second-order valence-electron chi connectivity index (χ2n) is 5.97. The van der Waals surface area contributed by atoms with E-state index in [-0.39, 0.29) is 5.91 Å². The van der Waals surface area contributed by atoms with E-state index in [0.717, 1.165) is 15.5 Å². The van der Waals surface area contributed by atoms with Crippen LogP contribution < -0.4 is 5.32 Å². The molecule has 0 aliphatic rings. The van der Waals surface area contributed by atoms with Crippen molar-refractivity contribution in [2.45, 2.75) is 9.79 Å². The smallest absolute Gasteiger partial charge is 0.256 e. The summed E-state index contributed by atoms with van der Waals surface area (Å²) < 4.78 is 1.51. The van der Waals surface area contributed by atoms with Gasteiger partial charge in [0.15, 0.2) is 0 Å². The number of benzene rings is 3. The molecule has 0 atom stereocenters. The zero-order valence-electron chi connectivity index (χ0n) is 15.1. The van der Waals surface area contributed by atoms with Crippen molar-refractivity contribution in [2.24, 2.45) is 0 Å². The number of hydrogen-bond acceptors (Lipinski definition) is 6. The minimum atomic E-state index is -0.239. The Morgan fingerprint density at radius 3 is 2.59 bits per heavy atom. The molecule has 8 heteroatoms. The fourth-order valence-corrected chi connectivity index (χ4v) is 3.74. The van der Waals surface area contributed by atoms with E-state index in [1.807, 2.05) is 48.5 Å². The Balaban J connectivity index is 1.59. The van der Waals surface area contributed by atoms with Crippen molar-refractivity contribution < 1.29 is 4.79 Å². The first kappa shape index (κ1) is 18.4. The number of hydrogen-bond donors (Lipinski definition) is 1. The second kappa shape index (κ2) is 8.37. The van der Waals surface area contributed by atoms with E-state index in [0.29, 0.717) is 16.8 Å². The van der Waals surface area contributed by atoms with Crippen molar-refractivity contribution >= 4 is 23.4 Å². The monoisotopic (exact) mass is 398 g/mol. The molecule has 0 unspecified atom stereocenters. The van der Waals surface area contributed by atoms with Crippen LogP contribution >= 0.6 is 11.8 Å². The van der Waals surface area contributed by atoms with Crippen molar-refractivity contribution in [3.63, 3.8) is 0 Å². The first-order chi connectivity index (χ1) is 14.2. The number of nitrogens with zero attached hydrogens (tertiary/aromatic N) is 5. The molecule has 4 aromatic rings. The summed E-state index contributed by atoms with van der Waals surface area (Å²) in [6.45, 7) is 0. The SMILES string of the molecule is N#Cc1ccccc1Sc1ccccc1C(=O)Nc1cccc(-n2cnnn2)c1. The number of tetrazole rings is 1. The van der Waals surface area contributed by atoms with Crippen LogP contribution in [0.25, 0.3) is 5.69 Å². The van der Waals surface area contributed by atoms with Crippen molar-refractivity contribution in [3.05, 3.63) is 90.3 Å². The van der Waals surface area contributed by atoms with Gasteiger partial charge in [-0.3, -0.25) is 4.79 Å². The zero-order valence-corrected chi connectivity index (χ0v) is 15.9. The maximum absolute atomic E-state index is 12.9. The van der Waals surface area contributed by atoms with Gasteiger partial charge in [-0.1, -0.05) is 42.1 Å². The number of amides is 1. The molecule has 0 radical (unpaired) electrons. The molecule has 0 spiro atoms. The fourth-order valence-electron chi connectivity index (χ4n) is 2.71. The molecule has 29 heavy (non-hydrogen) atoms. The van der Waals surface area contributed by atoms with Crippen LogP contribution in [-0.4, -0.2) is 26.1 Å². The van der Waals surface area contributed by atoms with Gasteiger partial charge in [0.1, 0.15) is 12.4 Å². The van der Waals surface area contributed by atoms with Crippen molar-refractivity contribution in [1.82, 2.24) is 20.2 Å². The summed E-state index contributed by atoms with van der Waals surface area (Å²) in [5.41, 5.74) is 2.46. The van der Waals surface area contributed by atoms with Crippen LogP contribution in [0.2, 0.25) is 0 Å². The predicted octanol–water partition coefficient (Wildman–Crippen LogP) is 3.94. The molecular formula is C21H14N6OS. The van der Waals surface area contributed by atoms with Crippen LogP contribution in [0.5, 0.6) is 0 Å². The van der Waals surface area contributed by atoms with E-state index in [2.05, 4.69) is 26.9 Å². The highest BCUT2D eigenvalue weighted by atomic mass is 32.2. The number of carbonyl (C=O) groups excluding carboxylic acids is 1. The molecule has 1 N–H and O–H groups in total. The molecule has 7 nitrogen and oxygen atoms in total. The lowest BCUT2D eigenvalue weighted by Gasteiger charge is -2.11. The van der Waals surface area contributed by atoms with Crippen molar-refractivity contribution in [1.29, 1.82) is 5.26 Å². The highest BCUT2D eigenvalue weighted by molar-refractivity contribution is 7.99. The van der Waals surface area contributed by atoms with Crippen LogP contribution in [-0.2, 0) is 0 Å². The van der Waals surface area contributed by atoms with Crippen LogP contribution in [0.3, 0.4) is 0 Å². The van der Waals surface area contributed by atoms with E-state index in [9.17, 15) is 10.1 Å². The molecule has 0 fully saturated rings. The average Bonchev–Trinajstić information content (AvgIpc) is 3.30. The van der Waals surface area contributed by atoms with Gasteiger partial charge in [0.2, 0.25) is 0 Å². The summed E-state index contributed by atoms with van der Waals surface area (Å²) in [4.78, 5) is 14.5. The first-order valence-electron chi connectivity index (χ1n) is 8.65. The number of anilines is 1. The van der Waals surface area contributed by atoms with E-state index in [4.69, 9.17) is 0 Å². The zero-order chi connectivity index (χ0) is 20.1. The molecule has 0 saturated carbocycles. The molecule has 0 aliphatic heterocycles. The summed E-state index contributed by atoms with van der Waals surface area (Å²) in [6.07, 6.45) is 1.49. The summed E-state index contributed by atoms with van der Waals surface area (Å²) in [5, 5.41) is 23.3. The Hall–Kier alpha value is -3.96. The van der Waals surface area contributed by atoms with Crippen LogP contribution in [0.1, 0.15) is 15.9 Å². The minimum absolute atomic E-state index is 0.239. The molecule has 140 valence electrons. The van der Waals surface area contributed by atoms with Gasteiger partial charge in [-0.2, -0.15) is 5.26 Å². The normalized spacial score (nSPS) is 10.3. The minimum Gasteiger partial charge on any atom is -0.322 e. The Kier molecular flexibility index (Phi) is 5.31. The van der Waals surface area contributed by atoms with Gasteiger partial charge in [-0.05, 0) is 52.9 Å². The summed E-state index contributed by atoms with van der Waals surface area (Å²) >= 11 is 1.39. The first-order valence-corrected chi connectivity index (χ1v) is 9.47. The van der Waals surface area contributed by atoms with Gasteiger partial charge in [0.05, 0.1) is 16.8 Å². The summed E-state index contributed by atoms with van der Waals surface area (Å²) in [5.74, 6) is -0.239. The van der Waals surface area contributed by atoms with Gasteiger partial charge < -0.3 is 5.32 Å². The Bertz CT molecular complexity index is 1200. The van der Waals surface area contributed by atoms with Crippen LogP contribution in [0, 0.1) is 11.3 Å².